The van der Waals surface area contributed by atoms with E-state index in [9.17, 15) is 0 Å². The minimum Gasteiger partial charge on any atom is -0.361 e. The van der Waals surface area contributed by atoms with Crippen molar-refractivity contribution in [3.05, 3.63) is 36.0 Å². The van der Waals surface area contributed by atoms with Crippen LogP contribution in [0.2, 0.25) is 0 Å². The Morgan fingerprint density at radius 2 is 2.00 bits per heavy atom. The van der Waals surface area contributed by atoms with Gasteiger partial charge in [-0.1, -0.05) is 32.0 Å². The molecule has 2 nitrogen and oxygen atoms in total. The molecule has 96 valence electrons. The lowest BCUT2D eigenvalue weighted by Gasteiger charge is -2.32. The van der Waals surface area contributed by atoms with Gasteiger partial charge in [-0.05, 0) is 42.7 Å². The SMILES string of the molecule is CC(C)(CCc1c[nH]c2ccccc12)C1(N)CC1. The molecule has 3 N–H and O–H groups in total. The van der Waals surface area contributed by atoms with Crippen LogP contribution in [0.15, 0.2) is 30.5 Å². The van der Waals surface area contributed by atoms with Crippen LogP contribution < -0.4 is 5.73 Å². The second-order valence-corrected chi connectivity index (χ2v) is 6.40. The van der Waals surface area contributed by atoms with Gasteiger partial charge in [-0.3, -0.25) is 0 Å². The number of hydrogen-bond donors (Lipinski definition) is 2. The van der Waals surface area contributed by atoms with Gasteiger partial charge in [0.2, 0.25) is 0 Å². The third kappa shape index (κ3) is 1.85. The number of fused-ring (bicyclic) bond motifs is 1. The lowest BCUT2D eigenvalue weighted by molar-refractivity contribution is 0.245. The van der Waals surface area contributed by atoms with Crippen LogP contribution in [0.1, 0.15) is 38.7 Å². The van der Waals surface area contributed by atoms with Crippen LogP contribution >= 0.6 is 0 Å². The van der Waals surface area contributed by atoms with Gasteiger partial charge in [0.15, 0.2) is 0 Å². The summed E-state index contributed by atoms with van der Waals surface area (Å²) >= 11 is 0. The van der Waals surface area contributed by atoms with Gasteiger partial charge in [0, 0.05) is 22.6 Å². The number of aromatic nitrogens is 1. The Bertz CT molecular complexity index is 561. The Morgan fingerprint density at radius 3 is 2.72 bits per heavy atom. The van der Waals surface area contributed by atoms with E-state index in [1.54, 1.807) is 0 Å². The normalized spacial score (nSPS) is 18.2. The van der Waals surface area contributed by atoms with E-state index in [4.69, 9.17) is 5.73 Å². The van der Waals surface area contributed by atoms with Gasteiger partial charge in [0.25, 0.3) is 0 Å². The fourth-order valence-electron chi connectivity index (χ4n) is 2.85. The van der Waals surface area contributed by atoms with Crippen LogP contribution in [0.25, 0.3) is 10.9 Å². The Labute approximate surface area is 109 Å². The topological polar surface area (TPSA) is 41.8 Å². The first-order chi connectivity index (χ1) is 8.52. The van der Waals surface area contributed by atoms with Gasteiger partial charge in [0.05, 0.1) is 0 Å². The summed E-state index contributed by atoms with van der Waals surface area (Å²) in [5, 5.41) is 1.36. The smallest absolute Gasteiger partial charge is 0.0456 e. The highest BCUT2D eigenvalue weighted by Gasteiger charge is 2.50. The third-order valence-corrected chi connectivity index (χ3v) is 4.83. The summed E-state index contributed by atoms with van der Waals surface area (Å²) in [6.07, 6.45) is 6.79. The van der Waals surface area contributed by atoms with E-state index in [2.05, 4.69) is 49.3 Å². The molecule has 0 unspecified atom stereocenters. The predicted molar refractivity (Wildman–Crippen MR) is 76.6 cm³/mol. The molecule has 1 aliphatic carbocycles. The second-order valence-electron chi connectivity index (χ2n) is 6.40. The molecule has 0 radical (unpaired) electrons. The molecule has 1 aromatic heterocycles. The Kier molecular flexibility index (Phi) is 2.53. The van der Waals surface area contributed by atoms with Crippen molar-refractivity contribution in [1.82, 2.24) is 4.98 Å². The number of para-hydroxylation sites is 1. The van der Waals surface area contributed by atoms with Crippen molar-refractivity contribution < 1.29 is 0 Å². The lowest BCUT2D eigenvalue weighted by Crippen LogP contribution is -2.40. The van der Waals surface area contributed by atoms with E-state index in [-0.39, 0.29) is 11.0 Å². The van der Waals surface area contributed by atoms with Crippen LogP contribution in [0.5, 0.6) is 0 Å². The van der Waals surface area contributed by atoms with Crippen molar-refractivity contribution in [1.29, 1.82) is 0 Å². The van der Waals surface area contributed by atoms with Crippen LogP contribution in [-0.4, -0.2) is 10.5 Å². The largest absolute Gasteiger partial charge is 0.361 e. The highest BCUT2D eigenvalue weighted by atomic mass is 14.9. The van der Waals surface area contributed by atoms with Crippen LogP contribution in [0, 0.1) is 5.41 Å². The zero-order valence-electron chi connectivity index (χ0n) is 11.3. The van der Waals surface area contributed by atoms with Crippen molar-refractivity contribution in [2.24, 2.45) is 11.1 Å². The molecule has 2 heteroatoms. The van der Waals surface area contributed by atoms with Crippen molar-refractivity contribution in [3.63, 3.8) is 0 Å². The average Bonchev–Trinajstić information content (AvgIpc) is 2.99. The molecule has 0 saturated heterocycles. The molecule has 1 heterocycles. The van der Waals surface area contributed by atoms with Gasteiger partial charge in [0.1, 0.15) is 0 Å². The molecular formula is C16H22N2. The summed E-state index contributed by atoms with van der Waals surface area (Å²) in [4.78, 5) is 3.35. The number of nitrogens with two attached hydrogens (primary N) is 1. The number of hydrogen-bond acceptors (Lipinski definition) is 1. The Hall–Kier alpha value is -1.28. The maximum absolute atomic E-state index is 6.37. The average molecular weight is 242 g/mol. The quantitative estimate of drug-likeness (QED) is 0.844. The molecule has 0 amide bonds. The number of aromatic amines is 1. The number of benzene rings is 1. The van der Waals surface area contributed by atoms with E-state index in [1.165, 1.54) is 29.3 Å². The Morgan fingerprint density at radius 1 is 1.28 bits per heavy atom. The molecule has 1 fully saturated rings. The summed E-state index contributed by atoms with van der Waals surface area (Å²) in [5.41, 5.74) is 9.36. The second kappa shape index (κ2) is 3.86. The summed E-state index contributed by atoms with van der Waals surface area (Å²) < 4.78 is 0. The van der Waals surface area contributed by atoms with Crippen LogP contribution in [-0.2, 0) is 6.42 Å². The number of H-pyrrole nitrogens is 1. The highest BCUT2D eigenvalue weighted by Crippen LogP contribution is 2.49. The van der Waals surface area contributed by atoms with Crippen LogP contribution in [0.4, 0.5) is 0 Å². The molecule has 3 rings (SSSR count). The van der Waals surface area contributed by atoms with E-state index in [0.29, 0.717) is 0 Å². The molecule has 1 aliphatic rings. The molecule has 0 spiro atoms. The standard InChI is InChI=1S/C16H22N2/c1-15(2,16(17)9-10-16)8-7-12-11-18-14-6-4-3-5-13(12)14/h3-6,11,18H,7-10,17H2,1-2H3. The van der Waals surface area contributed by atoms with Crippen molar-refractivity contribution >= 4 is 10.9 Å². The van der Waals surface area contributed by atoms with Crippen molar-refractivity contribution in [3.8, 4) is 0 Å². The maximum Gasteiger partial charge on any atom is 0.0456 e. The van der Waals surface area contributed by atoms with Gasteiger partial charge in [-0.2, -0.15) is 0 Å². The number of rotatable bonds is 4. The third-order valence-electron chi connectivity index (χ3n) is 4.83. The molecule has 1 saturated carbocycles. The van der Waals surface area contributed by atoms with E-state index in [1.807, 2.05) is 0 Å². The number of aryl methyl sites for hydroxylation is 1. The van der Waals surface area contributed by atoms with Gasteiger partial charge < -0.3 is 10.7 Å². The zero-order valence-corrected chi connectivity index (χ0v) is 11.3. The first kappa shape index (κ1) is 11.8. The highest BCUT2D eigenvalue weighted by molar-refractivity contribution is 5.83. The van der Waals surface area contributed by atoms with Gasteiger partial charge in [-0.15, -0.1) is 0 Å². The van der Waals surface area contributed by atoms with Crippen LogP contribution in [0.3, 0.4) is 0 Å². The molecular weight excluding hydrogens is 220 g/mol. The molecule has 2 aromatic rings. The lowest BCUT2D eigenvalue weighted by atomic mass is 9.77. The number of nitrogens with one attached hydrogen (secondary N) is 1. The minimum absolute atomic E-state index is 0.0963. The van der Waals surface area contributed by atoms with E-state index in [0.717, 1.165) is 12.8 Å². The van der Waals surface area contributed by atoms with Gasteiger partial charge >= 0.3 is 0 Å². The maximum atomic E-state index is 6.37. The van der Waals surface area contributed by atoms with Crippen molar-refractivity contribution in [2.75, 3.05) is 0 Å². The first-order valence-electron chi connectivity index (χ1n) is 6.86. The predicted octanol–water partition coefficient (Wildman–Crippen LogP) is 3.62. The monoisotopic (exact) mass is 242 g/mol. The minimum atomic E-state index is 0.0963. The zero-order chi connectivity index (χ0) is 12.8. The Balaban J connectivity index is 1.77. The summed E-state index contributed by atoms with van der Waals surface area (Å²) in [6.45, 7) is 4.63. The fraction of sp³-hybridized carbons (Fsp3) is 0.500. The molecule has 1 aromatic carbocycles. The van der Waals surface area contributed by atoms with E-state index < -0.39 is 0 Å². The van der Waals surface area contributed by atoms with Gasteiger partial charge in [-0.25, -0.2) is 0 Å². The summed E-state index contributed by atoms with van der Waals surface area (Å²) in [6, 6.07) is 8.51. The van der Waals surface area contributed by atoms with Crippen molar-refractivity contribution in [2.45, 2.75) is 45.1 Å². The summed E-state index contributed by atoms with van der Waals surface area (Å²) in [5.74, 6) is 0. The first-order valence-corrected chi connectivity index (χ1v) is 6.86. The molecule has 18 heavy (non-hydrogen) atoms. The molecule has 0 bridgehead atoms. The van der Waals surface area contributed by atoms with E-state index >= 15 is 0 Å². The summed E-state index contributed by atoms with van der Waals surface area (Å²) in [7, 11) is 0. The molecule has 0 aliphatic heterocycles. The fourth-order valence-corrected chi connectivity index (χ4v) is 2.85. The molecule has 0 atom stereocenters.